The summed E-state index contributed by atoms with van der Waals surface area (Å²) in [5.41, 5.74) is 1.37. The highest BCUT2D eigenvalue weighted by Crippen LogP contribution is 2.27. The van der Waals surface area contributed by atoms with Crippen LogP contribution in [0.1, 0.15) is 26.3 Å². The topological polar surface area (TPSA) is 0 Å². The molecule has 0 unspecified atom stereocenters. The molecule has 0 nitrogen and oxygen atoms in total. The molecule has 0 bridgehead atoms. The van der Waals surface area contributed by atoms with Crippen LogP contribution in [0.15, 0.2) is 18.2 Å². The van der Waals surface area contributed by atoms with E-state index in [1.807, 2.05) is 18.2 Å². The first-order valence-electron chi connectivity index (χ1n) is 4.32. The Hall–Kier alpha value is -0.200. The monoisotopic (exact) mass is 216 g/mol. The van der Waals surface area contributed by atoms with Crippen LogP contribution in [0.5, 0.6) is 0 Å². The van der Waals surface area contributed by atoms with Gasteiger partial charge in [0, 0.05) is 10.0 Å². The summed E-state index contributed by atoms with van der Waals surface area (Å²) in [6.45, 7) is 6.55. The zero-order chi connectivity index (χ0) is 10.1. The third-order valence-corrected chi connectivity index (χ3v) is 2.33. The Morgan fingerprint density at radius 3 is 2.31 bits per heavy atom. The number of halogens is 2. The standard InChI is InChI=1S/C11H14Cl2/c1-11(2,3)7-8-6-9(12)4-5-10(8)13/h4-6H,7H2,1-3H3. The number of hydrogen-bond donors (Lipinski definition) is 0. The molecule has 2 heteroatoms. The summed E-state index contributed by atoms with van der Waals surface area (Å²) < 4.78 is 0. The molecule has 1 aromatic rings. The molecule has 0 heterocycles. The summed E-state index contributed by atoms with van der Waals surface area (Å²) in [5, 5.41) is 1.56. The summed E-state index contributed by atoms with van der Waals surface area (Å²) in [4.78, 5) is 0. The van der Waals surface area contributed by atoms with E-state index in [1.54, 1.807) is 0 Å². The zero-order valence-corrected chi connectivity index (χ0v) is 9.71. The highest BCUT2D eigenvalue weighted by Gasteiger charge is 2.13. The van der Waals surface area contributed by atoms with E-state index in [-0.39, 0.29) is 5.41 Å². The Bertz CT molecular complexity index is 297. The van der Waals surface area contributed by atoms with E-state index in [2.05, 4.69) is 20.8 Å². The molecule has 0 radical (unpaired) electrons. The molecule has 0 N–H and O–H groups in total. The lowest BCUT2D eigenvalue weighted by Gasteiger charge is -2.18. The third-order valence-electron chi connectivity index (χ3n) is 1.73. The average Bonchev–Trinajstić information content (AvgIpc) is 1.94. The lowest BCUT2D eigenvalue weighted by molar-refractivity contribution is 0.411. The van der Waals surface area contributed by atoms with Gasteiger partial charge in [-0.05, 0) is 35.6 Å². The first-order valence-corrected chi connectivity index (χ1v) is 5.08. The predicted octanol–water partition coefficient (Wildman–Crippen LogP) is 4.58. The van der Waals surface area contributed by atoms with Gasteiger partial charge in [-0.15, -0.1) is 0 Å². The molecule has 72 valence electrons. The largest absolute Gasteiger partial charge is 0.0843 e. The normalized spacial score (nSPS) is 11.8. The summed E-state index contributed by atoms with van der Waals surface area (Å²) in [6.07, 6.45) is 0.951. The molecule has 0 amide bonds. The van der Waals surface area contributed by atoms with Crippen LogP contribution in [-0.4, -0.2) is 0 Å². The highest BCUT2D eigenvalue weighted by molar-refractivity contribution is 6.33. The molecule has 0 fully saturated rings. The fourth-order valence-corrected chi connectivity index (χ4v) is 1.63. The van der Waals surface area contributed by atoms with Gasteiger partial charge in [-0.25, -0.2) is 0 Å². The van der Waals surface area contributed by atoms with E-state index in [1.165, 1.54) is 0 Å². The van der Waals surface area contributed by atoms with Gasteiger partial charge < -0.3 is 0 Å². The van der Waals surface area contributed by atoms with Crippen LogP contribution in [0.3, 0.4) is 0 Å². The molecule has 0 aliphatic heterocycles. The molecule has 0 saturated heterocycles. The SMILES string of the molecule is CC(C)(C)Cc1cc(Cl)ccc1Cl. The third kappa shape index (κ3) is 3.58. The van der Waals surface area contributed by atoms with Gasteiger partial charge in [0.15, 0.2) is 0 Å². The van der Waals surface area contributed by atoms with Crippen molar-refractivity contribution in [1.29, 1.82) is 0 Å². The lowest BCUT2D eigenvalue weighted by Crippen LogP contribution is -2.09. The van der Waals surface area contributed by atoms with Gasteiger partial charge >= 0.3 is 0 Å². The molecule has 0 atom stereocenters. The summed E-state index contributed by atoms with van der Waals surface area (Å²) in [5.74, 6) is 0. The van der Waals surface area contributed by atoms with Crippen LogP contribution < -0.4 is 0 Å². The second kappa shape index (κ2) is 3.89. The molecule has 0 spiro atoms. The second-order valence-corrected chi connectivity index (χ2v) is 5.32. The Kier molecular flexibility index (Phi) is 3.26. The zero-order valence-electron chi connectivity index (χ0n) is 8.20. The first kappa shape index (κ1) is 10.9. The number of benzene rings is 1. The Morgan fingerprint density at radius 2 is 1.77 bits per heavy atom. The summed E-state index contributed by atoms with van der Waals surface area (Å²) >= 11 is 11.9. The Morgan fingerprint density at radius 1 is 1.15 bits per heavy atom. The van der Waals surface area contributed by atoms with Crippen molar-refractivity contribution in [3.8, 4) is 0 Å². The molecule has 1 rings (SSSR count). The summed E-state index contributed by atoms with van der Waals surface area (Å²) in [6, 6.07) is 5.61. The van der Waals surface area contributed by atoms with Gasteiger partial charge in [0.1, 0.15) is 0 Å². The van der Waals surface area contributed by atoms with E-state index in [0.29, 0.717) is 0 Å². The minimum absolute atomic E-state index is 0.244. The minimum atomic E-state index is 0.244. The average molecular weight is 217 g/mol. The van der Waals surface area contributed by atoms with E-state index >= 15 is 0 Å². The maximum atomic E-state index is 6.04. The molecule has 1 aromatic carbocycles. The molecular formula is C11H14Cl2. The van der Waals surface area contributed by atoms with E-state index in [9.17, 15) is 0 Å². The van der Waals surface area contributed by atoms with Gasteiger partial charge in [-0.2, -0.15) is 0 Å². The van der Waals surface area contributed by atoms with Gasteiger partial charge in [-0.1, -0.05) is 44.0 Å². The fraction of sp³-hybridized carbons (Fsp3) is 0.455. The van der Waals surface area contributed by atoms with Gasteiger partial charge in [0.05, 0.1) is 0 Å². The first-order chi connectivity index (χ1) is 5.88. The van der Waals surface area contributed by atoms with Gasteiger partial charge in [-0.3, -0.25) is 0 Å². The molecule has 0 aliphatic rings. The van der Waals surface area contributed by atoms with Gasteiger partial charge in [0.25, 0.3) is 0 Å². The van der Waals surface area contributed by atoms with Crippen molar-refractivity contribution in [2.24, 2.45) is 5.41 Å². The van der Waals surface area contributed by atoms with E-state index in [4.69, 9.17) is 23.2 Å². The fourth-order valence-electron chi connectivity index (χ4n) is 1.25. The number of rotatable bonds is 1. The van der Waals surface area contributed by atoms with Crippen molar-refractivity contribution < 1.29 is 0 Å². The molecule has 13 heavy (non-hydrogen) atoms. The molecule has 0 saturated carbocycles. The van der Waals surface area contributed by atoms with Crippen LogP contribution in [0.4, 0.5) is 0 Å². The van der Waals surface area contributed by atoms with Gasteiger partial charge in [0.2, 0.25) is 0 Å². The van der Waals surface area contributed by atoms with E-state index in [0.717, 1.165) is 22.0 Å². The lowest BCUT2D eigenvalue weighted by atomic mass is 9.88. The second-order valence-electron chi connectivity index (χ2n) is 4.47. The Balaban J connectivity index is 2.94. The maximum Gasteiger partial charge on any atom is 0.0439 e. The van der Waals surface area contributed by atoms with Crippen molar-refractivity contribution in [2.45, 2.75) is 27.2 Å². The molecule has 0 aromatic heterocycles. The highest BCUT2D eigenvalue weighted by atomic mass is 35.5. The number of hydrogen-bond acceptors (Lipinski definition) is 0. The Labute approximate surface area is 89.9 Å². The summed E-state index contributed by atoms with van der Waals surface area (Å²) in [7, 11) is 0. The van der Waals surface area contributed by atoms with Crippen molar-refractivity contribution in [3.05, 3.63) is 33.8 Å². The van der Waals surface area contributed by atoms with Crippen LogP contribution >= 0.6 is 23.2 Å². The molecule has 0 aliphatic carbocycles. The molecular weight excluding hydrogens is 203 g/mol. The van der Waals surface area contributed by atoms with Crippen LogP contribution in [0.2, 0.25) is 10.0 Å². The van der Waals surface area contributed by atoms with Crippen molar-refractivity contribution in [1.82, 2.24) is 0 Å². The van der Waals surface area contributed by atoms with Crippen molar-refractivity contribution >= 4 is 23.2 Å². The van der Waals surface area contributed by atoms with Crippen molar-refractivity contribution in [3.63, 3.8) is 0 Å². The van der Waals surface area contributed by atoms with Crippen LogP contribution in [-0.2, 0) is 6.42 Å². The van der Waals surface area contributed by atoms with Crippen molar-refractivity contribution in [2.75, 3.05) is 0 Å². The smallest absolute Gasteiger partial charge is 0.0439 e. The van der Waals surface area contributed by atoms with Crippen LogP contribution in [0.25, 0.3) is 0 Å². The van der Waals surface area contributed by atoms with E-state index < -0.39 is 0 Å². The quantitative estimate of drug-likeness (QED) is 0.645. The van der Waals surface area contributed by atoms with Crippen LogP contribution in [0, 0.1) is 5.41 Å². The predicted molar refractivity (Wildman–Crippen MR) is 59.6 cm³/mol. The maximum absolute atomic E-state index is 6.04. The minimum Gasteiger partial charge on any atom is -0.0843 e.